The Hall–Kier alpha value is -5.01. The number of hydrogen-bond acceptors (Lipinski definition) is 1. The van der Waals surface area contributed by atoms with Crippen LogP contribution in [0.4, 0.5) is 0 Å². The molecule has 0 bridgehead atoms. The zero-order chi connectivity index (χ0) is 33.2. The van der Waals surface area contributed by atoms with Gasteiger partial charge < -0.3 is 0 Å². The number of nitrogens with zero attached hydrogens (tertiary/aromatic N) is 1. The first-order valence-corrected chi connectivity index (χ1v) is 18.3. The van der Waals surface area contributed by atoms with Crippen LogP contribution in [-0.4, -0.2) is 4.98 Å². The zero-order valence-corrected chi connectivity index (χ0v) is 28.9. The molecule has 0 saturated heterocycles. The quantitative estimate of drug-likeness (QED) is 0.228. The van der Waals surface area contributed by atoms with E-state index in [9.17, 15) is 0 Å². The molecule has 49 heavy (non-hydrogen) atoms. The molecule has 4 aliphatic carbocycles. The van der Waals surface area contributed by atoms with Gasteiger partial charge in [0.05, 0.1) is 5.69 Å². The highest BCUT2D eigenvalue weighted by Crippen LogP contribution is 2.32. The van der Waals surface area contributed by atoms with Crippen molar-refractivity contribution in [3.63, 3.8) is 0 Å². The topological polar surface area (TPSA) is 12.9 Å². The Morgan fingerprint density at radius 2 is 1.41 bits per heavy atom. The Morgan fingerprint density at radius 3 is 2.22 bits per heavy atom. The van der Waals surface area contributed by atoms with Gasteiger partial charge in [0.25, 0.3) is 0 Å². The van der Waals surface area contributed by atoms with Crippen LogP contribution in [0.3, 0.4) is 0 Å². The van der Waals surface area contributed by atoms with Crippen molar-refractivity contribution in [2.24, 2.45) is 5.92 Å². The van der Waals surface area contributed by atoms with Gasteiger partial charge in [-0.3, -0.25) is 4.98 Å². The Kier molecular flexibility index (Phi) is 8.84. The van der Waals surface area contributed by atoms with Crippen LogP contribution in [0.2, 0.25) is 0 Å². The number of rotatable bonds is 5. The molecule has 4 aromatic rings. The van der Waals surface area contributed by atoms with Gasteiger partial charge in [-0.15, -0.1) is 0 Å². The van der Waals surface area contributed by atoms with Crippen molar-refractivity contribution in [2.75, 3.05) is 0 Å². The van der Waals surface area contributed by atoms with Crippen molar-refractivity contribution in [1.82, 2.24) is 4.98 Å². The molecule has 242 valence electrons. The van der Waals surface area contributed by atoms with Gasteiger partial charge in [0, 0.05) is 12.1 Å². The van der Waals surface area contributed by atoms with Crippen molar-refractivity contribution in [3.8, 4) is 0 Å². The van der Waals surface area contributed by atoms with Crippen molar-refractivity contribution in [3.05, 3.63) is 175 Å². The molecular formula is C48H45N. The van der Waals surface area contributed by atoms with Crippen LogP contribution in [0, 0.1) is 5.92 Å². The SMILES string of the molecule is CCc1cccc2c1=CCCC=2/C1=c2\cccc\c2=C(/C2=CC=C(c3ccc(C4=c5ccccc5=CCC4)nc3)CC2)C/C=C\C=C/C1C. The second kappa shape index (κ2) is 13.8. The molecule has 1 nitrogen and oxygen atoms in total. The summed E-state index contributed by atoms with van der Waals surface area (Å²) in [5, 5.41) is 8.32. The van der Waals surface area contributed by atoms with E-state index >= 15 is 0 Å². The van der Waals surface area contributed by atoms with Gasteiger partial charge in [0.2, 0.25) is 0 Å². The molecule has 0 aliphatic heterocycles. The first kappa shape index (κ1) is 31.3. The number of allylic oxidation sites excluding steroid dienone is 8. The van der Waals surface area contributed by atoms with Crippen LogP contribution in [0.1, 0.15) is 75.6 Å². The predicted octanol–water partition coefficient (Wildman–Crippen LogP) is 7.10. The molecule has 0 spiro atoms. The number of aromatic nitrogens is 1. The molecule has 1 aromatic heterocycles. The molecule has 4 aliphatic rings. The molecule has 1 heteroatoms. The van der Waals surface area contributed by atoms with Gasteiger partial charge in [-0.2, -0.15) is 0 Å². The van der Waals surface area contributed by atoms with Gasteiger partial charge in [-0.1, -0.05) is 135 Å². The first-order valence-electron chi connectivity index (χ1n) is 18.3. The number of benzene rings is 3. The summed E-state index contributed by atoms with van der Waals surface area (Å²) in [5.41, 5.74) is 12.4. The van der Waals surface area contributed by atoms with Crippen LogP contribution in [-0.2, 0) is 6.42 Å². The lowest BCUT2D eigenvalue weighted by Gasteiger charge is -2.22. The van der Waals surface area contributed by atoms with E-state index in [-0.39, 0.29) is 0 Å². The van der Waals surface area contributed by atoms with Gasteiger partial charge in [-0.25, -0.2) is 0 Å². The second-order valence-corrected chi connectivity index (χ2v) is 13.8. The van der Waals surface area contributed by atoms with Gasteiger partial charge in [0.15, 0.2) is 0 Å². The van der Waals surface area contributed by atoms with Crippen LogP contribution in [0.15, 0.2) is 127 Å². The van der Waals surface area contributed by atoms with Crippen molar-refractivity contribution < 1.29 is 0 Å². The molecule has 0 radical (unpaired) electrons. The summed E-state index contributed by atoms with van der Waals surface area (Å²) < 4.78 is 0. The summed E-state index contributed by atoms with van der Waals surface area (Å²) in [5.74, 6) is 0.303. The summed E-state index contributed by atoms with van der Waals surface area (Å²) in [6, 6.07) is 29.4. The third-order valence-corrected chi connectivity index (χ3v) is 11.0. The van der Waals surface area contributed by atoms with E-state index in [1.165, 1.54) is 75.9 Å². The smallest absolute Gasteiger partial charge is 0.0668 e. The van der Waals surface area contributed by atoms with E-state index in [0.717, 1.165) is 57.1 Å². The molecule has 0 amide bonds. The van der Waals surface area contributed by atoms with Crippen LogP contribution >= 0.6 is 0 Å². The average molecular weight is 636 g/mol. The predicted molar refractivity (Wildman–Crippen MR) is 208 cm³/mol. The molecule has 0 N–H and O–H groups in total. The lowest BCUT2D eigenvalue weighted by atomic mass is 9.82. The van der Waals surface area contributed by atoms with Crippen LogP contribution in [0.5, 0.6) is 0 Å². The monoisotopic (exact) mass is 635 g/mol. The Balaban J connectivity index is 1.24. The van der Waals surface area contributed by atoms with E-state index in [1.54, 1.807) is 0 Å². The normalized spacial score (nSPS) is 22.3. The third kappa shape index (κ3) is 6.08. The number of hydrogen-bond donors (Lipinski definition) is 0. The summed E-state index contributed by atoms with van der Waals surface area (Å²) >= 11 is 0. The maximum absolute atomic E-state index is 5.00. The lowest BCUT2D eigenvalue weighted by Crippen LogP contribution is -2.37. The van der Waals surface area contributed by atoms with Crippen molar-refractivity contribution in [1.29, 1.82) is 0 Å². The minimum absolute atomic E-state index is 0.303. The highest BCUT2D eigenvalue weighted by atomic mass is 14.7. The largest absolute Gasteiger partial charge is 0.256 e. The van der Waals surface area contributed by atoms with Crippen LogP contribution < -0.4 is 31.3 Å². The summed E-state index contributed by atoms with van der Waals surface area (Å²) in [6.07, 6.45) is 29.2. The highest BCUT2D eigenvalue weighted by Gasteiger charge is 2.19. The molecule has 3 aromatic carbocycles. The summed E-state index contributed by atoms with van der Waals surface area (Å²) in [6.45, 7) is 4.66. The third-order valence-electron chi connectivity index (χ3n) is 11.0. The number of pyridine rings is 1. The van der Waals surface area contributed by atoms with E-state index < -0.39 is 0 Å². The minimum Gasteiger partial charge on any atom is -0.256 e. The van der Waals surface area contributed by atoms with Gasteiger partial charge in [0.1, 0.15) is 0 Å². The van der Waals surface area contributed by atoms with E-state index in [1.807, 2.05) is 0 Å². The maximum Gasteiger partial charge on any atom is 0.0668 e. The first-order chi connectivity index (χ1) is 24.2. The zero-order valence-electron chi connectivity index (χ0n) is 28.9. The van der Waals surface area contributed by atoms with Crippen molar-refractivity contribution >= 4 is 40.0 Å². The Morgan fingerprint density at radius 1 is 0.653 bits per heavy atom. The molecule has 1 heterocycles. The van der Waals surface area contributed by atoms with E-state index in [2.05, 4.69) is 148 Å². The molecule has 8 rings (SSSR count). The summed E-state index contributed by atoms with van der Waals surface area (Å²) in [7, 11) is 0. The average Bonchev–Trinajstić information content (AvgIpc) is 3.16. The van der Waals surface area contributed by atoms with E-state index in [0.29, 0.717) is 5.92 Å². The fourth-order valence-corrected chi connectivity index (χ4v) is 8.48. The summed E-state index contributed by atoms with van der Waals surface area (Å²) in [4.78, 5) is 5.00. The van der Waals surface area contributed by atoms with E-state index in [4.69, 9.17) is 4.98 Å². The maximum atomic E-state index is 5.00. The second-order valence-electron chi connectivity index (χ2n) is 13.8. The highest BCUT2D eigenvalue weighted by molar-refractivity contribution is 5.91. The molecular weight excluding hydrogens is 591 g/mol. The van der Waals surface area contributed by atoms with Gasteiger partial charge in [-0.05, 0) is 133 Å². The van der Waals surface area contributed by atoms with Crippen molar-refractivity contribution in [2.45, 2.75) is 65.2 Å². The van der Waals surface area contributed by atoms with Gasteiger partial charge >= 0.3 is 0 Å². The van der Waals surface area contributed by atoms with Crippen LogP contribution in [0.25, 0.3) is 40.0 Å². The number of aryl methyl sites for hydroxylation is 1. The molecule has 0 saturated carbocycles. The fraction of sp³-hybridized carbons (Fsp3) is 0.229. The Bertz CT molecular complexity index is 2440. The molecule has 0 fully saturated rings. The number of fused-ring (bicyclic) bond motifs is 3. The molecule has 1 atom stereocenters. The fourth-order valence-electron chi connectivity index (χ4n) is 8.48. The minimum atomic E-state index is 0.303. The lowest BCUT2D eigenvalue weighted by molar-refractivity contribution is 0.941. The Labute approximate surface area is 290 Å². The standard InChI is InChI=1S/C48H45N/c1-3-34-16-11-23-43-39(34)22-13-25-46(43)48-33(2)14-5-4-6-18-40(42-20-9-10-21-45(42)48)37-28-26-35(27-29-37)38-30-31-47(49-32-38)44-24-12-17-36-15-7-8-19-41(36)44/h4-11,14-17,19-23,26,28,30-33H,3,12-13,18,24-25,27,29H2,1-2H3/b6-4-,14-5-,42-40+,48-45+. The molecule has 1 unspecified atom stereocenters.